The van der Waals surface area contributed by atoms with Crippen LogP contribution in [0.4, 0.5) is 18.0 Å². The second-order valence-corrected chi connectivity index (χ2v) is 5.09. The third kappa shape index (κ3) is 6.04. The van der Waals surface area contributed by atoms with E-state index in [1.807, 2.05) is 30.3 Å². The number of rotatable bonds is 7. The lowest BCUT2D eigenvalue weighted by molar-refractivity contribution is -0.173. The first-order valence-electron chi connectivity index (χ1n) is 7.44. The molecular formula is C16H18F3N3O2. The van der Waals surface area contributed by atoms with E-state index in [0.717, 1.165) is 16.5 Å². The van der Waals surface area contributed by atoms with Crippen LogP contribution in [0.5, 0.6) is 0 Å². The fourth-order valence-electron chi connectivity index (χ4n) is 2.17. The van der Waals surface area contributed by atoms with E-state index >= 15 is 0 Å². The number of carbonyl (C=O) groups is 1. The van der Waals surface area contributed by atoms with Gasteiger partial charge in [0, 0.05) is 24.7 Å². The highest BCUT2D eigenvalue weighted by atomic mass is 19.4. The van der Waals surface area contributed by atoms with Crippen LogP contribution in [0, 0.1) is 0 Å². The molecule has 0 aliphatic carbocycles. The van der Waals surface area contributed by atoms with Crippen molar-refractivity contribution in [3.8, 4) is 0 Å². The van der Waals surface area contributed by atoms with Crippen molar-refractivity contribution in [2.75, 3.05) is 26.3 Å². The standard InChI is InChI=1S/C16H18F3N3O2/c17-16(18,19)11-24-10-9-22-15(23)21-8-6-13-4-1-3-12-5-2-7-20-14(12)13/h1-5,7H,6,8-11H2,(H2,21,22,23). The molecule has 2 rings (SSSR count). The van der Waals surface area contributed by atoms with Gasteiger partial charge >= 0.3 is 12.2 Å². The van der Waals surface area contributed by atoms with Gasteiger partial charge in [-0.05, 0) is 18.1 Å². The van der Waals surface area contributed by atoms with Crippen molar-refractivity contribution in [1.82, 2.24) is 15.6 Å². The lowest BCUT2D eigenvalue weighted by Gasteiger charge is -2.10. The Morgan fingerprint density at radius 2 is 1.88 bits per heavy atom. The highest BCUT2D eigenvalue weighted by Gasteiger charge is 2.27. The Morgan fingerprint density at radius 3 is 2.67 bits per heavy atom. The summed E-state index contributed by atoms with van der Waals surface area (Å²) in [6.45, 7) is -1.10. The molecule has 2 amide bonds. The predicted molar refractivity (Wildman–Crippen MR) is 83.7 cm³/mol. The zero-order valence-electron chi connectivity index (χ0n) is 12.9. The number of ether oxygens (including phenoxy) is 1. The molecule has 1 aromatic heterocycles. The van der Waals surface area contributed by atoms with Gasteiger partial charge in [0.2, 0.25) is 0 Å². The number of para-hydroxylation sites is 1. The molecule has 0 atom stereocenters. The first-order valence-corrected chi connectivity index (χ1v) is 7.44. The molecule has 0 saturated carbocycles. The highest BCUT2D eigenvalue weighted by Crippen LogP contribution is 2.16. The van der Waals surface area contributed by atoms with Crippen LogP contribution in [0.3, 0.4) is 0 Å². The summed E-state index contributed by atoms with van der Waals surface area (Å²) < 4.78 is 39.9. The van der Waals surface area contributed by atoms with Crippen molar-refractivity contribution >= 4 is 16.9 Å². The zero-order valence-corrected chi connectivity index (χ0v) is 12.9. The Labute approximate surface area is 137 Å². The third-order valence-electron chi connectivity index (χ3n) is 3.19. The fourth-order valence-corrected chi connectivity index (χ4v) is 2.17. The molecule has 0 unspecified atom stereocenters. The Morgan fingerprint density at radius 1 is 1.12 bits per heavy atom. The van der Waals surface area contributed by atoms with Crippen LogP contribution >= 0.6 is 0 Å². The molecule has 0 radical (unpaired) electrons. The van der Waals surface area contributed by atoms with E-state index in [-0.39, 0.29) is 13.2 Å². The van der Waals surface area contributed by atoms with Crippen molar-refractivity contribution in [3.05, 3.63) is 42.1 Å². The van der Waals surface area contributed by atoms with E-state index in [9.17, 15) is 18.0 Å². The van der Waals surface area contributed by atoms with Crippen molar-refractivity contribution in [1.29, 1.82) is 0 Å². The Bertz CT molecular complexity index is 672. The van der Waals surface area contributed by atoms with E-state index in [0.29, 0.717) is 13.0 Å². The molecule has 5 nitrogen and oxygen atoms in total. The Kier molecular flexibility index (Phi) is 6.36. The second-order valence-electron chi connectivity index (χ2n) is 5.09. The molecule has 8 heteroatoms. The summed E-state index contributed by atoms with van der Waals surface area (Å²) in [5.41, 5.74) is 1.91. The van der Waals surface area contributed by atoms with E-state index in [2.05, 4.69) is 20.4 Å². The molecule has 0 spiro atoms. The number of nitrogens with zero attached hydrogens (tertiary/aromatic N) is 1. The van der Waals surface area contributed by atoms with Gasteiger partial charge in [-0.1, -0.05) is 24.3 Å². The summed E-state index contributed by atoms with van der Waals surface area (Å²) in [7, 11) is 0. The molecule has 24 heavy (non-hydrogen) atoms. The molecule has 0 bridgehead atoms. The number of hydrogen-bond acceptors (Lipinski definition) is 3. The van der Waals surface area contributed by atoms with Gasteiger partial charge in [0.15, 0.2) is 0 Å². The fraction of sp³-hybridized carbons (Fsp3) is 0.375. The Hall–Kier alpha value is -2.35. The summed E-state index contributed by atoms with van der Waals surface area (Å²) in [5.74, 6) is 0. The van der Waals surface area contributed by atoms with Gasteiger partial charge in [-0.25, -0.2) is 4.79 Å². The van der Waals surface area contributed by atoms with Gasteiger partial charge in [-0.15, -0.1) is 0 Å². The van der Waals surface area contributed by atoms with E-state index in [4.69, 9.17) is 0 Å². The molecule has 0 aliphatic rings. The number of urea groups is 1. The van der Waals surface area contributed by atoms with Crippen LogP contribution < -0.4 is 10.6 Å². The minimum atomic E-state index is -4.35. The third-order valence-corrected chi connectivity index (χ3v) is 3.19. The lowest BCUT2D eigenvalue weighted by atomic mass is 10.1. The number of benzene rings is 1. The summed E-state index contributed by atoms with van der Waals surface area (Å²) in [4.78, 5) is 15.9. The van der Waals surface area contributed by atoms with E-state index < -0.39 is 18.8 Å². The molecule has 2 N–H and O–H groups in total. The molecular weight excluding hydrogens is 323 g/mol. The maximum absolute atomic E-state index is 11.9. The molecule has 2 aromatic rings. The van der Waals surface area contributed by atoms with Gasteiger partial charge in [-0.3, -0.25) is 4.98 Å². The quantitative estimate of drug-likeness (QED) is 0.761. The van der Waals surface area contributed by atoms with Crippen LogP contribution in [-0.4, -0.2) is 43.5 Å². The average molecular weight is 341 g/mol. The number of amides is 2. The van der Waals surface area contributed by atoms with Gasteiger partial charge < -0.3 is 15.4 Å². The van der Waals surface area contributed by atoms with Crippen LogP contribution in [0.25, 0.3) is 10.9 Å². The maximum Gasteiger partial charge on any atom is 0.411 e. The minimum absolute atomic E-state index is 0.0116. The first-order chi connectivity index (χ1) is 11.5. The monoisotopic (exact) mass is 341 g/mol. The largest absolute Gasteiger partial charge is 0.411 e. The zero-order chi connectivity index (χ0) is 17.4. The van der Waals surface area contributed by atoms with Crippen LogP contribution in [0.15, 0.2) is 36.5 Å². The van der Waals surface area contributed by atoms with Gasteiger partial charge in [-0.2, -0.15) is 13.2 Å². The smallest absolute Gasteiger partial charge is 0.370 e. The van der Waals surface area contributed by atoms with Crippen LogP contribution in [0.1, 0.15) is 5.56 Å². The predicted octanol–water partition coefficient (Wildman–Crippen LogP) is 2.66. The normalized spacial score (nSPS) is 11.5. The number of carbonyl (C=O) groups excluding carboxylic acids is 1. The lowest BCUT2D eigenvalue weighted by Crippen LogP contribution is -2.38. The number of pyridine rings is 1. The maximum atomic E-state index is 11.9. The van der Waals surface area contributed by atoms with Gasteiger partial charge in [0.25, 0.3) is 0 Å². The van der Waals surface area contributed by atoms with E-state index in [1.165, 1.54) is 0 Å². The molecule has 0 fully saturated rings. The molecule has 1 heterocycles. The second kappa shape index (κ2) is 8.49. The Balaban J connectivity index is 1.67. The van der Waals surface area contributed by atoms with Crippen molar-refractivity contribution < 1.29 is 22.7 Å². The number of nitrogens with one attached hydrogen (secondary N) is 2. The number of halogens is 3. The number of fused-ring (bicyclic) bond motifs is 1. The summed E-state index contributed by atoms with van der Waals surface area (Å²) in [6, 6.07) is 9.22. The highest BCUT2D eigenvalue weighted by molar-refractivity contribution is 5.81. The van der Waals surface area contributed by atoms with Crippen LogP contribution in [-0.2, 0) is 11.2 Å². The molecule has 0 aliphatic heterocycles. The first kappa shape index (κ1) is 18.0. The number of alkyl halides is 3. The topological polar surface area (TPSA) is 63.2 Å². The molecule has 1 aromatic carbocycles. The van der Waals surface area contributed by atoms with Crippen LogP contribution in [0.2, 0.25) is 0 Å². The molecule has 0 saturated heterocycles. The average Bonchev–Trinajstić information content (AvgIpc) is 2.54. The van der Waals surface area contributed by atoms with Crippen molar-refractivity contribution in [2.45, 2.75) is 12.6 Å². The summed E-state index contributed by atoms with van der Waals surface area (Å²) in [6.07, 6.45) is -2.03. The molecule has 130 valence electrons. The number of aromatic nitrogens is 1. The number of hydrogen-bond donors (Lipinski definition) is 2. The van der Waals surface area contributed by atoms with E-state index in [1.54, 1.807) is 6.20 Å². The summed E-state index contributed by atoms with van der Waals surface area (Å²) in [5, 5.41) is 6.11. The van der Waals surface area contributed by atoms with Gasteiger partial charge in [0.05, 0.1) is 12.1 Å². The summed E-state index contributed by atoms with van der Waals surface area (Å²) >= 11 is 0. The SMILES string of the molecule is O=C(NCCOCC(F)(F)F)NCCc1cccc2cccnc12. The van der Waals surface area contributed by atoms with Gasteiger partial charge in [0.1, 0.15) is 6.61 Å². The van der Waals surface area contributed by atoms with Crippen molar-refractivity contribution in [2.24, 2.45) is 0 Å². The van der Waals surface area contributed by atoms with Crippen molar-refractivity contribution in [3.63, 3.8) is 0 Å². The minimum Gasteiger partial charge on any atom is -0.370 e.